The van der Waals surface area contributed by atoms with E-state index in [1.807, 2.05) is 28.9 Å². The van der Waals surface area contributed by atoms with Gasteiger partial charge in [-0.05, 0) is 36.7 Å². The molecule has 3 rings (SSSR count). The molecule has 0 bridgehead atoms. The van der Waals surface area contributed by atoms with Crippen molar-refractivity contribution in [1.82, 2.24) is 14.7 Å². The molecule has 100 valence electrons. The lowest BCUT2D eigenvalue weighted by Crippen LogP contribution is -2.17. The lowest BCUT2D eigenvalue weighted by atomic mass is 10.2. The van der Waals surface area contributed by atoms with E-state index in [1.165, 1.54) is 5.56 Å². The van der Waals surface area contributed by atoms with E-state index < -0.39 is 0 Å². The number of hydrogen-bond acceptors (Lipinski definition) is 4. The molecule has 0 saturated heterocycles. The molecular weight excluding hydrogens is 252 g/mol. The Kier molecular flexibility index (Phi) is 3.48. The molecule has 0 unspecified atom stereocenters. The van der Waals surface area contributed by atoms with E-state index in [-0.39, 0.29) is 0 Å². The number of nitriles is 1. The average molecular weight is 266 g/mol. The number of nitrogens with one attached hydrogen (secondary N) is 1. The van der Waals surface area contributed by atoms with Gasteiger partial charge in [0.05, 0.1) is 30.0 Å². The van der Waals surface area contributed by atoms with Crippen LogP contribution in [0.1, 0.15) is 16.8 Å². The molecule has 0 aliphatic heterocycles. The highest BCUT2D eigenvalue weighted by Gasteiger charge is 2.03. The molecule has 0 fully saturated rings. The molecule has 5 nitrogen and oxygen atoms in total. The minimum absolute atomic E-state index is 0.634. The Labute approximate surface area is 116 Å². The molecule has 0 saturated carbocycles. The zero-order valence-electron chi connectivity index (χ0n) is 10.9. The van der Waals surface area contributed by atoms with Gasteiger partial charge in [0, 0.05) is 12.7 Å². The first kappa shape index (κ1) is 12.5. The summed E-state index contributed by atoms with van der Waals surface area (Å²) in [4.78, 5) is 4.32. The van der Waals surface area contributed by atoms with Crippen molar-refractivity contribution in [3.8, 4) is 6.07 Å². The summed E-state index contributed by atoms with van der Waals surface area (Å²) in [6, 6.07) is 7.74. The monoisotopic (exact) mass is 266 g/mol. The Hall–Kier alpha value is -2.58. The maximum atomic E-state index is 8.94. The van der Waals surface area contributed by atoms with E-state index in [1.54, 1.807) is 18.6 Å². The number of pyridine rings is 1. The van der Waals surface area contributed by atoms with Crippen molar-refractivity contribution in [1.29, 1.82) is 5.26 Å². The molecule has 5 heteroatoms. The molecule has 1 N–H and O–H groups in total. The Bertz CT molecular complexity index is 737. The number of hydrogen-bond donors (Lipinski definition) is 1. The van der Waals surface area contributed by atoms with Gasteiger partial charge < -0.3 is 14.1 Å². The molecule has 3 aromatic rings. The fourth-order valence-electron chi connectivity index (χ4n) is 2.11. The summed E-state index contributed by atoms with van der Waals surface area (Å²) in [6.45, 7) is 1.58. The zero-order valence-corrected chi connectivity index (χ0v) is 10.9. The Morgan fingerprint density at radius 3 is 3.10 bits per heavy atom. The van der Waals surface area contributed by atoms with Gasteiger partial charge in [-0.3, -0.25) is 0 Å². The third kappa shape index (κ3) is 2.56. The molecule has 0 spiro atoms. The van der Waals surface area contributed by atoms with Gasteiger partial charge in [0.1, 0.15) is 11.7 Å². The lowest BCUT2D eigenvalue weighted by molar-refractivity contribution is 0.562. The molecule has 0 atom stereocenters. The first-order valence-corrected chi connectivity index (χ1v) is 6.45. The van der Waals surface area contributed by atoms with Crippen LogP contribution in [0.2, 0.25) is 0 Å². The van der Waals surface area contributed by atoms with Crippen molar-refractivity contribution in [3.63, 3.8) is 0 Å². The SMILES string of the molecule is N#Cc1ccc2ncc(CNCCc3ccoc3)n2c1. The molecule has 0 aliphatic rings. The molecule has 0 aliphatic carbocycles. The Morgan fingerprint density at radius 1 is 1.35 bits per heavy atom. The number of fused-ring (bicyclic) bond motifs is 1. The van der Waals surface area contributed by atoms with Gasteiger partial charge in [-0.1, -0.05) is 0 Å². The van der Waals surface area contributed by atoms with Gasteiger partial charge in [-0.15, -0.1) is 0 Å². The topological polar surface area (TPSA) is 66.3 Å². The second kappa shape index (κ2) is 5.59. The molecule has 0 amide bonds. The number of imidazole rings is 1. The van der Waals surface area contributed by atoms with E-state index in [0.29, 0.717) is 12.1 Å². The van der Waals surface area contributed by atoms with Crippen molar-refractivity contribution >= 4 is 5.65 Å². The van der Waals surface area contributed by atoms with Gasteiger partial charge in [-0.2, -0.15) is 5.26 Å². The van der Waals surface area contributed by atoms with Gasteiger partial charge in [0.25, 0.3) is 0 Å². The standard InChI is InChI=1S/C15H14N4O/c16-7-13-1-2-15-18-9-14(19(15)10-13)8-17-5-3-12-4-6-20-11-12/h1-2,4,6,9-11,17H,3,5,8H2. The molecule has 0 radical (unpaired) electrons. The summed E-state index contributed by atoms with van der Waals surface area (Å²) < 4.78 is 6.98. The molecule has 3 aromatic heterocycles. The second-order valence-corrected chi connectivity index (χ2v) is 4.57. The van der Waals surface area contributed by atoms with Crippen LogP contribution < -0.4 is 5.32 Å². The van der Waals surface area contributed by atoms with Gasteiger partial charge in [-0.25, -0.2) is 4.98 Å². The van der Waals surface area contributed by atoms with Crippen molar-refractivity contribution < 1.29 is 4.42 Å². The molecule has 0 aromatic carbocycles. The summed E-state index contributed by atoms with van der Waals surface area (Å²) in [5, 5.41) is 12.3. The normalized spacial score (nSPS) is 10.8. The predicted octanol–water partition coefficient (Wildman–Crippen LogP) is 2.13. The van der Waals surface area contributed by atoms with Crippen molar-refractivity contribution in [2.75, 3.05) is 6.54 Å². The highest BCUT2D eigenvalue weighted by molar-refractivity contribution is 5.44. The van der Waals surface area contributed by atoms with Crippen LogP contribution in [0.4, 0.5) is 0 Å². The first-order chi connectivity index (χ1) is 9.86. The third-order valence-electron chi connectivity index (χ3n) is 3.19. The number of nitrogens with zero attached hydrogens (tertiary/aromatic N) is 3. The van der Waals surface area contributed by atoms with E-state index in [0.717, 1.165) is 24.3 Å². The zero-order chi connectivity index (χ0) is 13.8. The van der Waals surface area contributed by atoms with Crippen LogP contribution in [-0.4, -0.2) is 15.9 Å². The van der Waals surface area contributed by atoms with Gasteiger partial charge in [0.2, 0.25) is 0 Å². The van der Waals surface area contributed by atoms with Crippen LogP contribution in [0.15, 0.2) is 47.5 Å². The van der Waals surface area contributed by atoms with Crippen LogP contribution >= 0.6 is 0 Å². The van der Waals surface area contributed by atoms with Crippen LogP contribution in [0, 0.1) is 11.3 Å². The Morgan fingerprint density at radius 2 is 2.30 bits per heavy atom. The number of rotatable bonds is 5. The molecule has 3 heterocycles. The Balaban J connectivity index is 1.64. The predicted molar refractivity (Wildman–Crippen MR) is 74.0 cm³/mol. The quantitative estimate of drug-likeness (QED) is 0.718. The van der Waals surface area contributed by atoms with E-state index in [2.05, 4.69) is 16.4 Å². The van der Waals surface area contributed by atoms with Crippen LogP contribution in [-0.2, 0) is 13.0 Å². The fourth-order valence-corrected chi connectivity index (χ4v) is 2.11. The maximum absolute atomic E-state index is 8.94. The summed E-state index contributed by atoms with van der Waals surface area (Å²) in [5.41, 5.74) is 3.72. The minimum Gasteiger partial charge on any atom is -0.472 e. The number of furan rings is 1. The van der Waals surface area contributed by atoms with Gasteiger partial charge >= 0.3 is 0 Å². The summed E-state index contributed by atoms with van der Waals surface area (Å²) >= 11 is 0. The fraction of sp³-hybridized carbons (Fsp3) is 0.200. The minimum atomic E-state index is 0.634. The lowest BCUT2D eigenvalue weighted by Gasteiger charge is -2.04. The summed E-state index contributed by atoms with van der Waals surface area (Å²) in [6.07, 6.45) is 8.02. The summed E-state index contributed by atoms with van der Waals surface area (Å²) in [7, 11) is 0. The smallest absolute Gasteiger partial charge is 0.137 e. The maximum Gasteiger partial charge on any atom is 0.137 e. The van der Waals surface area contributed by atoms with Crippen molar-refractivity contribution in [2.45, 2.75) is 13.0 Å². The van der Waals surface area contributed by atoms with Crippen molar-refractivity contribution in [2.24, 2.45) is 0 Å². The number of aromatic nitrogens is 2. The van der Waals surface area contributed by atoms with Crippen molar-refractivity contribution in [3.05, 3.63) is 59.9 Å². The largest absolute Gasteiger partial charge is 0.472 e. The first-order valence-electron chi connectivity index (χ1n) is 6.45. The highest BCUT2D eigenvalue weighted by atomic mass is 16.3. The van der Waals surface area contributed by atoms with E-state index >= 15 is 0 Å². The molecular formula is C15H14N4O. The van der Waals surface area contributed by atoms with Crippen LogP contribution in [0.5, 0.6) is 0 Å². The van der Waals surface area contributed by atoms with E-state index in [9.17, 15) is 0 Å². The van der Waals surface area contributed by atoms with Crippen LogP contribution in [0.25, 0.3) is 5.65 Å². The highest BCUT2D eigenvalue weighted by Crippen LogP contribution is 2.08. The second-order valence-electron chi connectivity index (χ2n) is 4.57. The average Bonchev–Trinajstić information content (AvgIpc) is 3.13. The third-order valence-corrected chi connectivity index (χ3v) is 3.19. The van der Waals surface area contributed by atoms with E-state index in [4.69, 9.17) is 9.68 Å². The molecule has 20 heavy (non-hydrogen) atoms. The van der Waals surface area contributed by atoms with Crippen LogP contribution in [0.3, 0.4) is 0 Å². The summed E-state index contributed by atoms with van der Waals surface area (Å²) in [5.74, 6) is 0. The van der Waals surface area contributed by atoms with Gasteiger partial charge in [0.15, 0.2) is 0 Å².